The van der Waals surface area contributed by atoms with E-state index in [0.29, 0.717) is 31.0 Å². The van der Waals surface area contributed by atoms with E-state index in [9.17, 15) is 9.59 Å². The van der Waals surface area contributed by atoms with Gasteiger partial charge in [0.2, 0.25) is 0 Å². The molecule has 2 atom stereocenters. The molecule has 0 saturated carbocycles. The maximum Gasteiger partial charge on any atom is 0.407 e. The van der Waals surface area contributed by atoms with E-state index in [1.807, 2.05) is 13.0 Å². The number of fused-ring (bicyclic) bond motifs is 2. The van der Waals surface area contributed by atoms with Gasteiger partial charge in [-0.15, -0.1) is 0 Å². The largest absolute Gasteiger partial charge is 0.493 e. The molecule has 3 N–H and O–H groups in total. The second-order valence-electron chi connectivity index (χ2n) is 6.10. The van der Waals surface area contributed by atoms with Crippen LogP contribution in [0.5, 0.6) is 5.75 Å². The topological polar surface area (TPSA) is 107 Å². The maximum absolute atomic E-state index is 11.7. The van der Waals surface area contributed by atoms with Gasteiger partial charge in [-0.05, 0) is 30.5 Å². The molecule has 3 heterocycles. The predicted octanol–water partition coefficient (Wildman–Crippen LogP) is 1.03. The van der Waals surface area contributed by atoms with Gasteiger partial charge in [0.05, 0.1) is 24.8 Å². The molecule has 2 unspecified atom stereocenters. The predicted molar refractivity (Wildman–Crippen MR) is 90.8 cm³/mol. The van der Waals surface area contributed by atoms with Crippen molar-refractivity contribution in [2.24, 2.45) is 5.73 Å². The van der Waals surface area contributed by atoms with Crippen molar-refractivity contribution < 1.29 is 19.1 Å². The highest BCUT2D eigenvalue weighted by Crippen LogP contribution is 2.33. The Hall–Kier alpha value is -3.03. The summed E-state index contributed by atoms with van der Waals surface area (Å²) in [6, 6.07) is 5.31. The lowest BCUT2D eigenvalue weighted by Crippen LogP contribution is -2.32. The number of amides is 2. The van der Waals surface area contributed by atoms with Crippen LogP contribution in [0.1, 0.15) is 17.3 Å². The fourth-order valence-electron chi connectivity index (χ4n) is 3.43. The molecule has 0 bridgehead atoms. The number of alkyl carbamates (subject to hydrolysis) is 1. The van der Waals surface area contributed by atoms with Gasteiger partial charge >= 0.3 is 6.09 Å². The summed E-state index contributed by atoms with van der Waals surface area (Å²) >= 11 is 0. The number of hydrogen-bond acceptors (Lipinski definition) is 6. The first-order chi connectivity index (χ1) is 12.1. The van der Waals surface area contributed by atoms with Gasteiger partial charge in [-0.3, -0.25) is 4.79 Å². The molecule has 0 spiro atoms. The fraction of sp³-hybridized carbons (Fsp3) is 0.353. The number of nitrogens with zero attached hydrogens (tertiary/aromatic N) is 2. The number of benzene rings is 1. The summed E-state index contributed by atoms with van der Waals surface area (Å²) in [5.41, 5.74) is 5.82. The van der Waals surface area contributed by atoms with Crippen LogP contribution in [0.25, 0.3) is 10.8 Å². The molecule has 2 saturated heterocycles. The number of ether oxygens (including phenoxy) is 2. The van der Waals surface area contributed by atoms with Crippen LogP contribution in [0, 0.1) is 0 Å². The molecule has 4 rings (SSSR count). The zero-order valence-corrected chi connectivity index (χ0v) is 13.7. The summed E-state index contributed by atoms with van der Waals surface area (Å²) in [6.07, 6.45) is 1.14. The van der Waals surface area contributed by atoms with Gasteiger partial charge in [0.1, 0.15) is 17.7 Å². The molecule has 0 aliphatic carbocycles. The van der Waals surface area contributed by atoms with Crippen LogP contribution in [0.4, 0.5) is 10.6 Å². The lowest BCUT2D eigenvalue weighted by molar-refractivity contribution is 0.0996. The summed E-state index contributed by atoms with van der Waals surface area (Å²) in [4.78, 5) is 29.6. The summed E-state index contributed by atoms with van der Waals surface area (Å²) in [6.45, 7) is 3.46. The molecular weight excluding hydrogens is 324 g/mol. The molecule has 8 heteroatoms. The van der Waals surface area contributed by atoms with Crippen LogP contribution in [-0.2, 0) is 4.74 Å². The number of nitrogens with one attached hydrogen (secondary N) is 1. The number of pyridine rings is 1. The van der Waals surface area contributed by atoms with E-state index in [1.54, 1.807) is 18.3 Å². The molecule has 2 aliphatic rings. The quantitative estimate of drug-likeness (QED) is 0.859. The lowest BCUT2D eigenvalue weighted by Gasteiger charge is -2.20. The van der Waals surface area contributed by atoms with Crippen LogP contribution >= 0.6 is 0 Å². The summed E-state index contributed by atoms with van der Waals surface area (Å²) in [5.74, 6) is 0.679. The van der Waals surface area contributed by atoms with Crippen LogP contribution in [0.3, 0.4) is 0 Å². The smallest absolute Gasteiger partial charge is 0.407 e. The Morgan fingerprint density at radius 2 is 2.32 bits per heavy atom. The van der Waals surface area contributed by atoms with Gasteiger partial charge in [-0.1, -0.05) is 0 Å². The zero-order chi connectivity index (χ0) is 17.6. The normalized spacial score (nSPS) is 21.8. The monoisotopic (exact) mass is 342 g/mol. The molecule has 1 aromatic heterocycles. The average Bonchev–Trinajstić information content (AvgIpc) is 3.11. The van der Waals surface area contributed by atoms with E-state index in [0.717, 1.165) is 16.6 Å². The van der Waals surface area contributed by atoms with Crippen molar-refractivity contribution >= 4 is 28.6 Å². The molecule has 2 aliphatic heterocycles. The molecule has 2 amide bonds. The maximum atomic E-state index is 11.7. The van der Waals surface area contributed by atoms with Gasteiger partial charge in [0, 0.05) is 18.1 Å². The number of primary amides is 1. The molecular formula is C17H18N4O4. The van der Waals surface area contributed by atoms with Crippen molar-refractivity contribution in [3.8, 4) is 5.75 Å². The van der Waals surface area contributed by atoms with Crippen molar-refractivity contribution in [2.75, 3.05) is 24.6 Å². The number of carbonyl (C=O) groups excluding carboxylic acids is 2. The Labute approximate surface area is 143 Å². The highest BCUT2D eigenvalue weighted by atomic mass is 16.6. The zero-order valence-electron chi connectivity index (χ0n) is 13.7. The average molecular weight is 342 g/mol. The third-order valence-corrected chi connectivity index (χ3v) is 4.54. The Balaban J connectivity index is 1.76. The second-order valence-corrected chi connectivity index (χ2v) is 6.10. The number of rotatable bonds is 4. The van der Waals surface area contributed by atoms with Gasteiger partial charge in [0.25, 0.3) is 5.91 Å². The number of anilines is 1. The van der Waals surface area contributed by atoms with Gasteiger partial charge in [0.15, 0.2) is 0 Å². The molecule has 2 fully saturated rings. The second kappa shape index (κ2) is 5.80. The van der Waals surface area contributed by atoms with Crippen molar-refractivity contribution in [2.45, 2.75) is 19.1 Å². The number of nitrogens with two attached hydrogens (primary N) is 1. The number of carbonyl (C=O) groups is 2. The van der Waals surface area contributed by atoms with Crippen LogP contribution in [0.2, 0.25) is 0 Å². The summed E-state index contributed by atoms with van der Waals surface area (Å²) < 4.78 is 10.8. The van der Waals surface area contributed by atoms with Crippen molar-refractivity contribution in [1.82, 2.24) is 10.3 Å². The molecule has 8 nitrogen and oxygen atoms in total. The first-order valence-electron chi connectivity index (χ1n) is 8.14. The Morgan fingerprint density at radius 1 is 1.48 bits per heavy atom. The molecule has 25 heavy (non-hydrogen) atoms. The number of aromatic nitrogens is 1. The van der Waals surface area contributed by atoms with Crippen LogP contribution in [0.15, 0.2) is 24.4 Å². The van der Waals surface area contributed by atoms with E-state index < -0.39 is 5.91 Å². The molecule has 0 radical (unpaired) electrons. The molecule has 2 aromatic rings. The van der Waals surface area contributed by atoms with E-state index in [1.165, 1.54) is 0 Å². The van der Waals surface area contributed by atoms with E-state index in [2.05, 4.69) is 15.2 Å². The van der Waals surface area contributed by atoms with E-state index >= 15 is 0 Å². The Morgan fingerprint density at radius 3 is 3.04 bits per heavy atom. The first kappa shape index (κ1) is 15.5. The van der Waals surface area contributed by atoms with Crippen molar-refractivity contribution in [1.29, 1.82) is 0 Å². The number of hydrogen-bond donors (Lipinski definition) is 2. The molecule has 1 aromatic carbocycles. The van der Waals surface area contributed by atoms with Crippen LogP contribution < -0.4 is 20.7 Å². The van der Waals surface area contributed by atoms with E-state index in [4.69, 9.17) is 15.2 Å². The standard InChI is InChI=1S/C17H18N4O4/c1-2-24-13-6-10-9(5-11(13)15(18)22)3-4-19-16(10)21-7-12-14(8-21)25-17(23)20-12/h3-6,12,14H,2,7-8H2,1H3,(H2,18,22)(H,20,23). The Kier molecular flexibility index (Phi) is 3.60. The lowest BCUT2D eigenvalue weighted by atomic mass is 10.1. The highest BCUT2D eigenvalue weighted by molar-refractivity contribution is 6.03. The minimum Gasteiger partial charge on any atom is -0.493 e. The summed E-state index contributed by atoms with van der Waals surface area (Å²) in [5, 5.41) is 4.52. The Bertz CT molecular complexity index is 853. The third-order valence-electron chi connectivity index (χ3n) is 4.54. The van der Waals surface area contributed by atoms with Gasteiger partial charge < -0.3 is 25.4 Å². The van der Waals surface area contributed by atoms with Gasteiger partial charge in [-0.2, -0.15) is 0 Å². The van der Waals surface area contributed by atoms with E-state index in [-0.39, 0.29) is 18.2 Å². The minimum absolute atomic E-state index is 0.0409. The molecule has 130 valence electrons. The van der Waals surface area contributed by atoms with Gasteiger partial charge in [-0.25, -0.2) is 9.78 Å². The SMILES string of the molecule is CCOc1cc2c(N3CC4NC(=O)OC4C3)nccc2cc1C(N)=O. The van der Waals surface area contributed by atoms with Crippen LogP contribution in [-0.4, -0.2) is 48.8 Å². The highest BCUT2D eigenvalue weighted by Gasteiger charge is 2.42. The summed E-state index contributed by atoms with van der Waals surface area (Å²) in [7, 11) is 0. The van der Waals surface area contributed by atoms with Crippen molar-refractivity contribution in [3.05, 3.63) is 30.0 Å². The first-order valence-corrected chi connectivity index (χ1v) is 8.14. The third kappa shape index (κ3) is 2.59. The fourth-order valence-corrected chi connectivity index (χ4v) is 3.43. The van der Waals surface area contributed by atoms with Crippen molar-refractivity contribution in [3.63, 3.8) is 0 Å². The minimum atomic E-state index is -0.532.